The molecule has 0 bridgehead atoms. The Morgan fingerprint density at radius 2 is 2.30 bits per heavy atom. The van der Waals surface area contributed by atoms with Gasteiger partial charge in [0.2, 0.25) is 5.91 Å². The van der Waals surface area contributed by atoms with E-state index in [4.69, 9.17) is 0 Å². The molecule has 2 rings (SSSR count). The summed E-state index contributed by atoms with van der Waals surface area (Å²) < 4.78 is 4.62. The first-order valence-electron chi connectivity index (χ1n) is 5.93. The van der Waals surface area contributed by atoms with Gasteiger partial charge in [-0.25, -0.2) is 4.98 Å². The average molecular weight is 279 g/mol. The summed E-state index contributed by atoms with van der Waals surface area (Å²) in [5.41, 5.74) is 0.375. The fraction of sp³-hybridized carbons (Fsp3) is 0.417. The standard InChI is InChI=1S/C12H13N3O5/c1-7-3-9(15(18)19)5-13-11(7)14-6-8(4-10(14)16)12(17)20-2/h3,5,8H,4,6H2,1-2H3. The lowest BCUT2D eigenvalue weighted by atomic mass is 10.1. The Hall–Kier alpha value is -2.51. The average Bonchev–Trinajstić information content (AvgIpc) is 2.79. The molecule has 1 aromatic heterocycles. The molecule has 0 aliphatic carbocycles. The Balaban J connectivity index is 2.26. The zero-order valence-corrected chi connectivity index (χ0v) is 11.0. The Kier molecular flexibility index (Phi) is 3.64. The molecule has 1 amide bonds. The molecule has 2 heterocycles. The number of carbonyl (C=O) groups is 2. The second-order valence-electron chi connectivity index (χ2n) is 4.52. The number of carbonyl (C=O) groups excluding carboxylic acids is 2. The zero-order valence-electron chi connectivity index (χ0n) is 11.0. The zero-order chi connectivity index (χ0) is 14.9. The smallest absolute Gasteiger partial charge is 0.311 e. The van der Waals surface area contributed by atoms with Crippen molar-refractivity contribution in [2.24, 2.45) is 5.92 Å². The van der Waals surface area contributed by atoms with Crippen LogP contribution in [-0.4, -0.2) is 35.4 Å². The Morgan fingerprint density at radius 3 is 2.85 bits per heavy atom. The fourth-order valence-electron chi connectivity index (χ4n) is 2.17. The maximum atomic E-state index is 11.9. The summed E-state index contributed by atoms with van der Waals surface area (Å²) in [6.07, 6.45) is 1.16. The number of amides is 1. The predicted molar refractivity (Wildman–Crippen MR) is 68.1 cm³/mol. The molecule has 1 aliphatic rings. The summed E-state index contributed by atoms with van der Waals surface area (Å²) >= 11 is 0. The van der Waals surface area contributed by atoms with Crippen LogP contribution in [0.4, 0.5) is 11.5 Å². The summed E-state index contributed by atoms with van der Waals surface area (Å²) in [4.78, 5) is 38.8. The number of aryl methyl sites for hydroxylation is 1. The lowest BCUT2D eigenvalue weighted by Crippen LogP contribution is -2.27. The highest BCUT2D eigenvalue weighted by Crippen LogP contribution is 2.28. The second-order valence-corrected chi connectivity index (χ2v) is 4.52. The van der Waals surface area contributed by atoms with E-state index in [1.54, 1.807) is 6.92 Å². The minimum atomic E-state index is -0.549. The molecule has 1 fully saturated rings. The Morgan fingerprint density at radius 1 is 1.60 bits per heavy atom. The monoisotopic (exact) mass is 279 g/mol. The van der Waals surface area contributed by atoms with Gasteiger partial charge >= 0.3 is 5.97 Å². The minimum Gasteiger partial charge on any atom is -0.469 e. The van der Waals surface area contributed by atoms with Crippen LogP contribution in [0.25, 0.3) is 0 Å². The van der Waals surface area contributed by atoms with Gasteiger partial charge in [-0.15, -0.1) is 0 Å². The third-order valence-corrected chi connectivity index (χ3v) is 3.16. The van der Waals surface area contributed by atoms with Crippen molar-refractivity contribution in [3.8, 4) is 0 Å². The van der Waals surface area contributed by atoms with Gasteiger partial charge in [0.05, 0.1) is 18.0 Å². The fourth-order valence-corrected chi connectivity index (χ4v) is 2.17. The minimum absolute atomic E-state index is 0.0603. The molecule has 1 aromatic rings. The number of methoxy groups -OCH3 is 1. The Bertz CT molecular complexity index is 586. The molecule has 0 radical (unpaired) electrons. The van der Waals surface area contributed by atoms with Gasteiger partial charge in [-0.05, 0) is 12.5 Å². The van der Waals surface area contributed by atoms with Crippen LogP contribution in [0.15, 0.2) is 12.3 Å². The van der Waals surface area contributed by atoms with Gasteiger partial charge in [0.25, 0.3) is 5.69 Å². The van der Waals surface area contributed by atoms with E-state index in [-0.39, 0.29) is 24.6 Å². The van der Waals surface area contributed by atoms with E-state index < -0.39 is 16.8 Å². The molecule has 1 aliphatic heterocycles. The van der Waals surface area contributed by atoms with E-state index in [0.29, 0.717) is 11.4 Å². The SMILES string of the molecule is COC(=O)C1CC(=O)N(c2ncc([N+](=O)[O-])cc2C)C1. The highest BCUT2D eigenvalue weighted by atomic mass is 16.6. The van der Waals surface area contributed by atoms with Crippen LogP contribution in [0.5, 0.6) is 0 Å². The molecule has 1 atom stereocenters. The first-order valence-corrected chi connectivity index (χ1v) is 5.93. The van der Waals surface area contributed by atoms with Gasteiger partial charge in [0.15, 0.2) is 0 Å². The van der Waals surface area contributed by atoms with Crippen molar-refractivity contribution in [2.75, 3.05) is 18.6 Å². The van der Waals surface area contributed by atoms with Crippen molar-refractivity contribution in [2.45, 2.75) is 13.3 Å². The van der Waals surface area contributed by atoms with Gasteiger partial charge in [0, 0.05) is 19.0 Å². The molecule has 8 heteroatoms. The van der Waals surface area contributed by atoms with Gasteiger partial charge in [0.1, 0.15) is 12.0 Å². The molecule has 0 spiro atoms. The first kappa shape index (κ1) is 13.9. The lowest BCUT2D eigenvalue weighted by Gasteiger charge is -2.17. The van der Waals surface area contributed by atoms with Crippen molar-refractivity contribution in [3.05, 3.63) is 27.9 Å². The number of pyridine rings is 1. The summed E-state index contributed by atoms with van der Waals surface area (Å²) in [6.45, 7) is 1.81. The lowest BCUT2D eigenvalue weighted by molar-refractivity contribution is -0.385. The van der Waals surface area contributed by atoms with E-state index in [0.717, 1.165) is 6.20 Å². The summed E-state index contributed by atoms with van der Waals surface area (Å²) in [5.74, 6) is -0.874. The van der Waals surface area contributed by atoms with Crippen LogP contribution in [0, 0.1) is 23.0 Å². The van der Waals surface area contributed by atoms with Crippen molar-refractivity contribution >= 4 is 23.4 Å². The van der Waals surface area contributed by atoms with Gasteiger partial charge in [-0.3, -0.25) is 24.6 Å². The number of hydrogen-bond acceptors (Lipinski definition) is 6. The summed E-state index contributed by atoms with van der Waals surface area (Å²) in [5, 5.41) is 10.7. The highest BCUT2D eigenvalue weighted by Gasteiger charge is 2.37. The molecule has 0 aromatic carbocycles. The quantitative estimate of drug-likeness (QED) is 0.461. The molecule has 1 saturated heterocycles. The third kappa shape index (κ3) is 2.44. The number of anilines is 1. The molecule has 0 saturated carbocycles. The van der Waals surface area contributed by atoms with Crippen molar-refractivity contribution in [3.63, 3.8) is 0 Å². The van der Waals surface area contributed by atoms with Crippen LogP contribution in [-0.2, 0) is 14.3 Å². The number of rotatable bonds is 3. The summed E-state index contributed by atoms with van der Waals surface area (Å²) in [6, 6.07) is 1.35. The van der Waals surface area contributed by atoms with Crippen molar-refractivity contribution in [1.29, 1.82) is 0 Å². The first-order chi connectivity index (χ1) is 9.43. The van der Waals surface area contributed by atoms with Crippen LogP contribution in [0.1, 0.15) is 12.0 Å². The van der Waals surface area contributed by atoms with E-state index in [1.807, 2.05) is 0 Å². The normalized spacial score (nSPS) is 18.2. The number of ether oxygens (including phenoxy) is 1. The number of esters is 1. The molecule has 0 N–H and O–H groups in total. The molecular weight excluding hydrogens is 266 g/mol. The maximum Gasteiger partial charge on any atom is 0.311 e. The largest absolute Gasteiger partial charge is 0.469 e. The molecule has 20 heavy (non-hydrogen) atoms. The van der Waals surface area contributed by atoms with Gasteiger partial charge in [-0.1, -0.05) is 0 Å². The summed E-state index contributed by atoms with van der Waals surface area (Å²) in [7, 11) is 1.27. The topological polar surface area (TPSA) is 103 Å². The maximum absolute atomic E-state index is 11.9. The van der Waals surface area contributed by atoms with Crippen LogP contribution < -0.4 is 4.90 Å². The van der Waals surface area contributed by atoms with Crippen LogP contribution in [0.2, 0.25) is 0 Å². The molecule has 1 unspecified atom stereocenters. The number of hydrogen-bond donors (Lipinski definition) is 0. The van der Waals surface area contributed by atoms with Gasteiger partial charge < -0.3 is 4.74 Å². The third-order valence-electron chi connectivity index (χ3n) is 3.16. The molecule has 8 nitrogen and oxygen atoms in total. The van der Waals surface area contributed by atoms with Crippen LogP contribution in [0.3, 0.4) is 0 Å². The van der Waals surface area contributed by atoms with Crippen LogP contribution >= 0.6 is 0 Å². The van der Waals surface area contributed by atoms with Gasteiger partial charge in [-0.2, -0.15) is 0 Å². The van der Waals surface area contributed by atoms with Crippen molar-refractivity contribution in [1.82, 2.24) is 4.98 Å². The Labute approximate surface area is 114 Å². The van der Waals surface area contributed by atoms with E-state index in [9.17, 15) is 19.7 Å². The predicted octanol–water partition coefficient (Wildman–Crippen LogP) is 0.824. The molecule has 106 valence electrons. The molecular formula is C12H13N3O5. The van der Waals surface area contributed by atoms with E-state index >= 15 is 0 Å². The number of aromatic nitrogens is 1. The second kappa shape index (κ2) is 5.24. The van der Waals surface area contributed by atoms with E-state index in [2.05, 4.69) is 9.72 Å². The number of nitro groups is 1. The van der Waals surface area contributed by atoms with E-state index in [1.165, 1.54) is 18.1 Å². The number of nitrogens with zero attached hydrogens (tertiary/aromatic N) is 3. The highest BCUT2D eigenvalue weighted by molar-refractivity contribution is 5.99. The van der Waals surface area contributed by atoms with Crippen molar-refractivity contribution < 1.29 is 19.2 Å².